The molecule has 1 atom stereocenters. The van der Waals surface area contributed by atoms with Gasteiger partial charge < -0.3 is 24.8 Å². The van der Waals surface area contributed by atoms with Crippen LogP contribution in [0.15, 0.2) is 84.9 Å². The maximum Gasteiger partial charge on any atom is 0.257 e. The number of nitrogens with one attached hydrogen (secondary N) is 1. The van der Waals surface area contributed by atoms with Gasteiger partial charge in [-0.1, -0.05) is 60.7 Å². The van der Waals surface area contributed by atoms with Crippen LogP contribution in [-0.4, -0.2) is 66.5 Å². The Labute approximate surface area is 229 Å². The van der Waals surface area contributed by atoms with Crippen LogP contribution in [0.25, 0.3) is 0 Å². The molecule has 2 fully saturated rings. The van der Waals surface area contributed by atoms with E-state index in [-0.39, 0.29) is 30.3 Å². The number of carbonyl (C=O) groups excluding carboxylic acids is 3. The average molecular weight is 527 g/mol. The molecule has 8 heteroatoms. The summed E-state index contributed by atoms with van der Waals surface area (Å²) in [6, 6.07) is 26.6. The second kappa shape index (κ2) is 11.2. The normalized spacial score (nSPS) is 17.3. The molecule has 2 saturated heterocycles. The molecule has 2 aliphatic heterocycles. The van der Waals surface area contributed by atoms with Crippen molar-refractivity contribution in [1.82, 2.24) is 15.1 Å². The summed E-state index contributed by atoms with van der Waals surface area (Å²) in [7, 11) is 1.55. The lowest BCUT2D eigenvalue weighted by molar-refractivity contribution is -0.137. The van der Waals surface area contributed by atoms with E-state index in [1.165, 1.54) is 0 Å². The Morgan fingerprint density at radius 3 is 2.21 bits per heavy atom. The molecular formula is C31H34N4O4. The largest absolute Gasteiger partial charge is 0.496 e. The molecule has 8 nitrogen and oxygen atoms in total. The summed E-state index contributed by atoms with van der Waals surface area (Å²) in [4.78, 5) is 45.9. The first-order valence-electron chi connectivity index (χ1n) is 13.3. The second-order valence-electron chi connectivity index (χ2n) is 10.1. The molecular weight excluding hydrogens is 492 g/mol. The fraction of sp³-hybridized carbons (Fsp3) is 0.323. The Balaban J connectivity index is 1.33. The van der Waals surface area contributed by atoms with Crippen LogP contribution in [0.3, 0.4) is 0 Å². The SMILES string of the molecule is COc1ccccc1C(=O)N1CCC2(CC1)C(=O)N(CC(=O)NC(C)c1ccccc1)CN2c1ccccc1. The molecule has 2 heterocycles. The van der Waals surface area contributed by atoms with Crippen molar-refractivity contribution < 1.29 is 19.1 Å². The van der Waals surface area contributed by atoms with E-state index in [1.807, 2.05) is 79.7 Å². The molecule has 0 aliphatic carbocycles. The van der Waals surface area contributed by atoms with Gasteiger partial charge in [0.05, 0.1) is 25.4 Å². The van der Waals surface area contributed by atoms with Crippen LogP contribution in [0.4, 0.5) is 5.69 Å². The van der Waals surface area contributed by atoms with Gasteiger partial charge in [-0.3, -0.25) is 14.4 Å². The lowest BCUT2D eigenvalue weighted by Crippen LogP contribution is -2.57. The second-order valence-corrected chi connectivity index (χ2v) is 10.1. The quantitative estimate of drug-likeness (QED) is 0.506. The summed E-state index contributed by atoms with van der Waals surface area (Å²) in [5, 5.41) is 3.02. The van der Waals surface area contributed by atoms with Crippen molar-refractivity contribution in [2.24, 2.45) is 0 Å². The van der Waals surface area contributed by atoms with Gasteiger partial charge in [0, 0.05) is 18.8 Å². The Bertz CT molecular complexity index is 1320. The molecule has 0 aromatic heterocycles. The predicted octanol–water partition coefficient (Wildman–Crippen LogP) is 3.85. The summed E-state index contributed by atoms with van der Waals surface area (Å²) in [5.41, 5.74) is 1.63. The summed E-state index contributed by atoms with van der Waals surface area (Å²) in [6.45, 7) is 3.08. The maximum absolute atomic E-state index is 14.0. The van der Waals surface area contributed by atoms with Crippen molar-refractivity contribution in [1.29, 1.82) is 0 Å². The molecule has 3 aromatic rings. The highest BCUT2D eigenvalue weighted by Gasteiger charge is 2.54. The van der Waals surface area contributed by atoms with Crippen molar-refractivity contribution in [3.8, 4) is 5.75 Å². The minimum Gasteiger partial charge on any atom is -0.496 e. The summed E-state index contributed by atoms with van der Waals surface area (Å²) in [6.07, 6.45) is 0.945. The molecule has 1 unspecified atom stereocenters. The molecule has 3 amide bonds. The molecule has 1 N–H and O–H groups in total. The van der Waals surface area contributed by atoms with Crippen LogP contribution in [0.2, 0.25) is 0 Å². The first-order chi connectivity index (χ1) is 18.9. The molecule has 0 saturated carbocycles. The van der Waals surface area contributed by atoms with Gasteiger partial charge in [-0.25, -0.2) is 0 Å². The lowest BCUT2D eigenvalue weighted by atomic mass is 9.85. The number of hydrogen-bond acceptors (Lipinski definition) is 5. The molecule has 1 spiro atoms. The first-order valence-corrected chi connectivity index (χ1v) is 13.3. The van der Waals surface area contributed by atoms with Gasteiger partial charge in [-0.05, 0) is 49.6 Å². The number of rotatable bonds is 7. The maximum atomic E-state index is 14.0. The van der Waals surface area contributed by atoms with Crippen molar-refractivity contribution in [3.05, 3.63) is 96.1 Å². The van der Waals surface area contributed by atoms with Gasteiger partial charge in [-0.15, -0.1) is 0 Å². The Hall–Kier alpha value is -4.33. The average Bonchev–Trinajstić information content (AvgIpc) is 3.24. The Kier molecular flexibility index (Phi) is 7.54. The third kappa shape index (κ3) is 5.19. The van der Waals surface area contributed by atoms with Crippen LogP contribution >= 0.6 is 0 Å². The number of likely N-dealkylation sites (tertiary alicyclic amines) is 1. The summed E-state index contributed by atoms with van der Waals surface area (Å²) >= 11 is 0. The number of nitrogens with zero attached hydrogens (tertiary/aromatic N) is 3. The molecule has 0 radical (unpaired) electrons. The number of benzene rings is 3. The van der Waals surface area contributed by atoms with Crippen LogP contribution in [0, 0.1) is 0 Å². The minimum atomic E-state index is -0.815. The van der Waals surface area contributed by atoms with Gasteiger partial charge in [0.15, 0.2) is 0 Å². The lowest BCUT2D eigenvalue weighted by Gasteiger charge is -2.43. The topological polar surface area (TPSA) is 82.2 Å². The van der Waals surface area contributed by atoms with Crippen LogP contribution in [0.5, 0.6) is 5.75 Å². The number of methoxy groups -OCH3 is 1. The zero-order chi connectivity index (χ0) is 27.4. The molecule has 5 rings (SSSR count). The first kappa shape index (κ1) is 26.3. The smallest absolute Gasteiger partial charge is 0.257 e. The predicted molar refractivity (Wildman–Crippen MR) is 149 cm³/mol. The highest BCUT2D eigenvalue weighted by molar-refractivity contribution is 5.99. The van der Waals surface area contributed by atoms with E-state index in [2.05, 4.69) is 10.2 Å². The van der Waals surface area contributed by atoms with Gasteiger partial charge in [-0.2, -0.15) is 0 Å². The van der Waals surface area contributed by atoms with E-state index in [0.29, 0.717) is 43.9 Å². The number of anilines is 1. The van der Waals surface area contributed by atoms with E-state index < -0.39 is 5.54 Å². The van der Waals surface area contributed by atoms with E-state index in [4.69, 9.17) is 4.74 Å². The minimum absolute atomic E-state index is 0.0229. The Morgan fingerprint density at radius 1 is 0.923 bits per heavy atom. The molecule has 39 heavy (non-hydrogen) atoms. The monoisotopic (exact) mass is 526 g/mol. The van der Waals surface area contributed by atoms with Gasteiger partial charge in [0.1, 0.15) is 17.8 Å². The van der Waals surface area contributed by atoms with Crippen LogP contribution in [-0.2, 0) is 9.59 Å². The highest BCUT2D eigenvalue weighted by Crippen LogP contribution is 2.40. The van der Waals surface area contributed by atoms with Crippen molar-refractivity contribution >= 4 is 23.4 Å². The number of hydrogen-bond donors (Lipinski definition) is 1. The van der Waals surface area contributed by atoms with Crippen molar-refractivity contribution in [2.45, 2.75) is 31.3 Å². The number of amides is 3. The fourth-order valence-electron chi connectivity index (χ4n) is 5.68. The number of piperidine rings is 1. The van der Waals surface area contributed by atoms with Crippen LogP contribution in [0.1, 0.15) is 41.7 Å². The standard InChI is InChI=1S/C31H34N4O4/c1-23(24-11-5-3-6-12-24)32-28(36)21-34-22-35(25-13-7-4-8-14-25)31(30(34)38)17-19-33(20-18-31)29(37)26-15-9-10-16-27(26)39-2/h3-16,23H,17-22H2,1-2H3,(H,32,36). The number of para-hydroxylation sites is 2. The molecule has 3 aromatic carbocycles. The highest BCUT2D eigenvalue weighted by atomic mass is 16.5. The van der Waals surface area contributed by atoms with Gasteiger partial charge in [0.2, 0.25) is 5.91 Å². The van der Waals surface area contributed by atoms with Gasteiger partial charge in [0.25, 0.3) is 11.8 Å². The van der Waals surface area contributed by atoms with E-state index >= 15 is 0 Å². The summed E-state index contributed by atoms with van der Waals surface area (Å²) < 4.78 is 5.39. The number of carbonyl (C=O) groups is 3. The third-order valence-corrected chi connectivity index (χ3v) is 7.81. The zero-order valence-electron chi connectivity index (χ0n) is 22.4. The molecule has 0 bridgehead atoms. The van der Waals surface area contributed by atoms with Crippen molar-refractivity contribution in [3.63, 3.8) is 0 Å². The van der Waals surface area contributed by atoms with Gasteiger partial charge >= 0.3 is 0 Å². The van der Waals surface area contributed by atoms with Crippen LogP contribution < -0.4 is 15.0 Å². The molecule has 2 aliphatic rings. The van der Waals surface area contributed by atoms with E-state index in [0.717, 1.165) is 11.3 Å². The van der Waals surface area contributed by atoms with Crippen molar-refractivity contribution in [2.75, 3.05) is 38.3 Å². The van der Waals surface area contributed by atoms with E-state index in [1.54, 1.807) is 29.0 Å². The zero-order valence-corrected chi connectivity index (χ0v) is 22.4. The Morgan fingerprint density at radius 2 is 1.54 bits per heavy atom. The molecule has 202 valence electrons. The fourth-order valence-corrected chi connectivity index (χ4v) is 5.68. The van der Waals surface area contributed by atoms with E-state index in [9.17, 15) is 14.4 Å². The third-order valence-electron chi connectivity index (χ3n) is 7.81. The number of ether oxygens (including phenoxy) is 1. The summed E-state index contributed by atoms with van der Waals surface area (Å²) in [5.74, 6) is 0.157.